The normalized spacial score (nSPS) is 10.9. The lowest BCUT2D eigenvalue weighted by Gasteiger charge is -1.97. The van der Waals surface area contributed by atoms with Gasteiger partial charge in [-0.1, -0.05) is 12.1 Å². The Morgan fingerprint density at radius 1 is 1.06 bits per heavy atom. The number of hydrogen-bond donors (Lipinski definition) is 1. The second kappa shape index (κ2) is 3.63. The first-order valence-corrected chi connectivity index (χ1v) is 5.53. The Balaban J connectivity index is 2.14. The van der Waals surface area contributed by atoms with Gasteiger partial charge in [-0.2, -0.15) is 0 Å². The fourth-order valence-corrected chi connectivity index (χ4v) is 1.95. The highest BCUT2D eigenvalue weighted by Crippen LogP contribution is 2.23. The molecule has 0 saturated heterocycles. The Bertz CT molecular complexity index is 666. The van der Waals surface area contributed by atoms with Crippen LogP contribution in [0.15, 0.2) is 48.9 Å². The molecule has 0 spiro atoms. The fraction of sp³-hybridized carbons (Fsp3) is 0.0714. The van der Waals surface area contributed by atoms with Gasteiger partial charge >= 0.3 is 0 Å². The molecule has 0 fully saturated rings. The summed E-state index contributed by atoms with van der Waals surface area (Å²) in [6.45, 7) is 1.99. The molecule has 2 heterocycles. The van der Waals surface area contributed by atoms with E-state index in [1.165, 1.54) is 11.1 Å². The molecule has 0 bridgehead atoms. The molecule has 17 heavy (non-hydrogen) atoms. The van der Waals surface area contributed by atoms with Crippen LogP contribution in [0.3, 0.4) is 0 Å². The highest BCUT2D eigenvalue weighted by atomic mass is 14.9. The number of rotatable bonds is 1. The van der Waals surface area contributed by atoms with Gasteiger partial charge < -0.3 is 10.1 Å². The molecule has 1 aromatic carbocycles. The maximum Gasteiger partial charge on any atom is 0.0640 e. The highest BCUT2D eigenvalue weighted by Gasteiger charge is 2.02. The minimum atomic E-state index is 0.787. The molecule has 3 nitrogen and oxygen atoms in total. The largest absolute Gasteiger partial charge is 0.399 e. The molecule has 84 valence electrons. The molecule has 3 rings (SSSR count). The molecule has 0 aliphatic heterocycles. The molecule has 2 aromatic heterocycles. The summed E-state index contributed by atoms with van der Waals surface area (Å²) in [6, 6.07) is 10.0. The van der Waals surface area contributed by atoms with E-state index in [-0.39, 0.29) is 0 Å². The van der Waals surface area contributed by atoms with Crippen LogP contribution < -0.4 is 5.73 Å². The quantitative estimate of drug-likeness (QED) is 0.644. The molecule has 2 N–H and O–H groups in total. The summed E-state index contributed by atoms with van der Waals surface area (Å²) < 4.78 is 2.09. The molecule has 0 radical (unpaired) electrons. The van der Waals surface area contributed by atoms with Gasteiger partial charge in [-0.25, -0.2) is 0 Å². The van der Waals surface area contributed by atoms with Crippen molar-refractivity contribution < 1.29 is 0 Å². The van der Waals surface area contributed by atoms with Gasteiger partial charge in [0.05, 0.1) is 17.4 Å². The molecule has 0 atom stereocenters. The topological polar surface area (TPSA) is 43.3 Å². The minimum Gasteiger partial charge on any atom is -0.399 e. The van der Waals surface area contributed by atoms with E-state index < -0.39 is 0 Å². The summed E-state index contributed by atoms with van der Waals surface area (Å²) in [6.07, 6.45) is 6.02. The smallest absolute Gasteiger partial charge is 0.0640 e. The molecular formula is C14H13N3. The SMILES string of the molecule is Cc1cn2cc(-c3ccc(N)cc3)cc2cn1. The van der Waals surface area contributed by atoms with Crippen molar-refractivity contribution in [1.82, 2.24) is 9.38 Å². The van der Waals surface area contributed by atoms with Crippen molar-refractivity contribution in [2.75, 3.05) is 5.73 Å². The number of nitrogen functional groups attached to an aromatic ring is 1. The number of hydrogen-bond acceptors (Lipinski definition) is 2. The van der Waals surface area contributed by atoms with E-state index in [0.29, 0.717) is 0 Å². The average Bonchev–Trinajstić information content (AvgIpc) is 2.72. The van der Waals surface area contributed by atoms with E-state index in [4.69, 9.17) is 5.73 Å². The average molecular weight is 223 g/mol. The van der Waals surface area contributed by atoms with Crippen LogP contribution in [0.25, 0.3) is 16.6 Å². The van der Waals surface area contributed by atoms with Gasteiger partial charge in [-0.3, -0.25) is 4.98 Å². The second-order valence-electron chi connectivity index (χ2n) is 4.21. The van der Waals surface area contributed by atoms with E-state index in [2.05, 4.69) is 21.6 Å². The van der Waals surface area contributed by atoms with Gasteiger partial charge in [0.15, 0.2) is 0 Å². The Morgan fingerprint density at radius 3 is 2.59 bits per heavy atom. The first-order chi connectivity index (χ1) is 8.22. The van der Waals surface area contributed by atoms with E-state index in [0.717, 1.165) is 16.9 Å². The third kappa shape index (κ3) is 1.76. The molecule has 0 unspecified atom stereocenters. The molecule has 0 aliphatic rings. The summed E-state index contributed by atoms with van der Waals surface area (Å²) >= 11 is 0. The molecule has 3 heteroatoms. The lowest BCUT2D eigenvalue weighted by Crippen LogP contribution is -1.86. The zero-order valence-corrected chi connectivity index (χ0v) is 9.59. The van der Waals surface area contributed by atoms with Crippen LogP contribution in [0.4, 0.5) is 5.69 Å². The van der Waals surface area contributed by atoms with Gasteiger partial charge in [0.2, 0.25) is 0 Å². The van der Waals surface area contributed by atoms with Crippen LogP contribution in [0, 0.1) is 6.92 Å². The van der Waals surface area contributed by atoms with E-state index in [1.54, 1.807) is 0 Å². The van der Waals surface area contributed by atoms with Crippen LogP contribution in [0.2, 0.25) is 0 Å². The Hall–Kier alpha value is -2.29. The van der Waals surface area contributed by atoms with Crippen LogP contribution >= 0.6 is 0 Å². The zero-order chi connectivity index (χ0) is 11.8. The fourth-order valence-electron chi connectivity index (χ4n) is 1.95. The van der Waals surface area contributed by atoms with Crippen molar-refractivity contribution in [3.63, 3.8) is 0 Å². The predicted molar refractivity (Wildman–Crippen MR) is 69.8 cm³/mol. The van der Waals surface area contributed by atoms with Crippen molar-refractivity contribution in [2.45, 2.75) is 6.92 Å². The first kappa shape index (κ1) is 9.90. The molecule has 0 amide bonds. The van der Waals surface area contributed by atoms with Gasteiger partial charge in [0.1, 0.15) is 0 Å². The van der Waals surface area contributed by atoms with Gasteiger partial charge in [0, 0.05) is 23.6 Å². The number of anilines is 1. The standard InChI is InChI=1S/C14H13N3/c1-10-8-17-9-12(6-14(17)7-16-10)11-2-4-13(15)5-3-11/h2-9H,15H2,1H3. The van der Waals surface area contributed by atoms with Gasteiger partial charge in [-0.15, -0.1) is 0 Å². The summed E-state index contributed by atoms with van der Waals surface area (Å²) in [5, 5.41) is 0. The summed E-state index contributed by atoms with van der Waals surface area (Å²) in [7, 11) is 0. The van der Waals surface area contributed by atoms with Gasteiger partial charge in [0.25, 0.3) is 0 Å². The van der Waals surface area contributed by atoms with Crippen LogP contribution in [0.5, 0.6) is 0 Å². The molecule has 3 aromatic rings. The van der Waals surface area contributed by atoms with Crippen molar-refractivity contribution in [3.05, 3.63) is 54.6 Å². The molecule has 0 saturated carbocycles. The number of nitrogens with zero attached hydrogens (tertiary/aromatic N) is 2. The Labute approximate surface area is 99.5 Å². The first-order valence-electron chi connectivity index (χ1n) is 5.53. The van der Waals surface area contributed by atoms with Crippen molar-refractivity contribution in [3.8, 4) is 11.1 Å². The van der Waals surface area contributed by atoms with Gasteiger partial charge in [-0.05, 0) is 30.7 Å². The maximum atomic E-state index is 5.68. The minimum absolute atomic E-state index is 0.787. The molecule has 0 aliphatic carbocycles. The molecular weight excluding hydrogens is 210 g/mol. The lowest BCUT2D eigenvalue weighted by atomic mass is 10.1. The number of benzene rings is 1. The number of nitrogens with two attached hydrogens (primary N) is 1. The van der Waals surface area contributed by atoms with Crippen molar-refractivity contribution >= 4 is 11.2 Å². The monoisotopic (exact) mass is 223 g/mol. The predicted octanol–water partition coefficient (Wildman–Crippen LogP) is 2.89. The summed E-state index contributed by atoms with van der Waals surface area (Å²) in [5.74, 6) is 0. The van der Waals surface area contributed by atoms with Crippen LogP contribution in [-0.2, 0) is 0 Å². The van der Waals surface area contributed by atoms with E-state index >= 15 is 0 Å². The summed E-state index contributed by atoms with van der Waals surface area (Å²) in [4.78, 5) is 4.29. The maximum absolute atomic E-state index is 5.68. The number of fused-ring (bicyclic) bond motifs is 1. The second-order valence-corrected chi connectivity index (χ2v) is 4.21. The lowest BCUT2D eigenvalue weighted by molar-refractivity contribution is 1.08. The third-order valence-corrected chi connectivity index (χ3v) is 2.85. The number of aryl methyl sites for hydroxylation is 1. The zero-order valence-electron chi connectivity index (χ0n) is 9.59. The third-order valence-electron chi connectivity index (χ3n) is 2.85. The Kier molecular flexibility index (Phi) is 2.11. The summed E-state index contributed by atoms with van der Waals surface area (Å²) in [5.41, 5.74) is 10.9. The van der Waals surface area contributed by atoms with Crippen LogP contribution in [-0.4, -0.2) is 9.38 Å². The van der Waals surface area contributed by atoms with Crippen molar-refractivity contribution in [1.29, 1.82) is 0 Å². The Morgan fingerprint density at radius 2 is 1.82 bits per heavy atom. The van der Waals surface area contributed by atoms with Crippen molar-refractivity contribution in [2.24, 2.45) is 0 Å². The van der Waals surface area contributed by atoms with E-state index in [9.17, 15) is 0 Å². The van der Waals surface area contributed by atoms with Crippen LogP contribution in [0.1, 0.15) is 5.69 Å². The van der Waals surface area contributed by atoms with E-state index in [1.807, 2.05) is 43.6 Å². The number of aromatic nitrogens is 2. The highest BCUT2D eigenvalue weighted by molar-refractivity contribution is 5.71.